The van der Waals surface area contributed by atoms with Gasteiger partial charge in [-0.1, -0.05) is 43.5 Å². The molecule has 0 bridgehead atoms. The molecule has 0 radical (unpaired) electrons. The Balaban J connectivity index is 2.76. The fourth-order valence-electron chi connectivity index (χ4n) is 1.46. The number of alkyl halides is 1. The molecule has 18 heavy (non-hydrogen) atoms. The van der Waals surface area contributed by atoms with Gasteiger partial charge in [-0.15, -0.1) is 0 Å². The number of hydrogen-bond donors (Lipinski definition) is 1. The molecule has 0 aliphatic carbocycles. The summed E-state index contributed by atoms with van der Waals surface area (Å²) >= 11 is 12.7. The van der Waals surface area contributed by atoms with E-state index in [-0.39, 0.29) is 11.9 Å². The molecule has 0 heterocycles. The van der Waals surface area contributed by atoms with Crippen LogP contribution >= 0.6 is 43.5 Å². The Kier molecular flexibility index (Phi) is 7.22. The molecule has 0 aliphatic rings. The van der Waals surface area contributed by atoms with Gasteiger partial charge in [0.15, 0.2) is 0 Å². The molecule has 0 aromatic heterocycles. The quantitative estimate of drug-likeness (QED) is 0.742. The molecule has 1 atom stereocenters. The topological polar surface area (TPSA) is 38.3 Å². The minimum Gasteiger partial charge on any atom is -0.383 e. The number of carbonyl (C=O) groups is 1. The van der Waals surface area contributed by atoms with Gasteiger partial charge in [0.05, 0.1) is 23.2 Å². The highest BCUT2D eigenvalue weighted by molar-refractivity contribution is 9.10. The second kappa shape index (κ2) is 8.15. The average Bonchev–Trinajstić information content (AvgIpc) is 2.33. The number of methoxy groups -OCH3 is 1. The Labute approximate surface area is 128 Å². The zero-order chi connectivity index (χ0) is 13.5. The van der Waals surface area contributed by atoms with E-state index in [0.717, 1.165) is 16.2 Å². The van der Waals surface area contributed by atoms with Gasteiger partial charge in [-0.2, -0.15) is 0 Å². The minimum absolute atomic E-state index is 0.0306. The molecule has 1 rings (SSSR count). The highest BCUT2D eigenvalue weighted by Gasteiger charge is 2.15. The molecule has 1 unspecified atom stereocenters. The molecule has 100 valence electrons. The van der Waals surface area contributed by atoms with E-state index >= 15 is 0 Å². The summed E-state index contributed by atoms with van der Waals surface area (Å²) in [6.07, 6.45) is 0.797. The van der Waals surface area contributed by atoms with Gasteiger partial charge in [0.1, 0.15) is 0 Å². The molecule has 1 aromatic carbocycles. The van der Waals surface area contributed by atoms with Gasteiger partial charge in [0, 0.05) is 16.9 Å². The Bertz CT molecular complexity index is 409. The van der Waals surface area contributed by atoms with E-state index in [0.29, 0.717) is 17.2 Å². The summed E-state index contributed by atoms with van der Waals surface area (Å²) in [4.78, 5) is 12.1. The van der Waals surface area contributed by atoms with Crippen LogP contribution in [0.4, 0.5) is 0 Å². The lowest BCUT2D eigenvalue weighted by Crippen LogP contribution is -2.38. The zero-order valence-corrected chi connectivity index (χ0v) is 13.8. The summed E-state index contributed by atoms with van der Waals surface area (Å²) in [6, 6.07) is 5.16. The first-order valence-corrected chi connectivity index (χ1v) is 7.68. The van der Waals surface area contributed by atoms with Gasteiger partial charge in [-0.05, 0) is 24.6 Å². The van der Waals surface area contributed by atoms with Gasteiger partial charge in [0.2, 0.25) is 0 Å². The Morgan fingerprint density at radius 2 is 2.28 bits per heavy atom. The van der Waals surface area contributed by atoms with Crippen molar-refractivity contribution in [3.63, 3.8) is 0 Å². The molecule has 1 aromatic rings. The number of ether oxygens (including phenoxy) is 1. The van der Waals surface area contributed by atoms with Crippen molar-refractivity contribution in [3.05, 3.63) is 33.3 Å². The van der Waals surface area contributed by atoms with Crippen LogP contribution in [0.15, 0.2) is 22.7 Å². The smallest absolute Gasteiger partial charge is 0.253 e. The normalized spacial score (nSPS) is 12.2. The van der Waals surface area contributed by atoms with E-state index in [1.165, 1.54) is 0 Å². The summed E-state index contributed by atoms with van der Waals surface area (Å²) in [5, 5.41) is 4.14. The first kappa shape index (κ1) is 16.0. The summed E-state index contributed by atoms with van der Waals surface area (Å²) in [5.74, 6) is -0.190. The molecule has 0 fully saturated rings. The van der Waals surface area contributed by atoms with Crippen molar-refractivity contribution in [2.24, 2.45) is 0 Å². The molecule has 0 saturated carbocycles. The molecule has 0 saturated heterocycles. The maximum atomic E-state index is 12.1. The van der Waals surface area contributed by atoms with Crippen LogP contribution in [-0.2, 0) is 4.74 Å². The lowest BCUT2D eigenvalue weighted by atomic mass is 10.1. The maximum Gasteiger partial charge on any atom is 0.253 e. The Morgan fingerprint density at radius 1 is 1.56 bits per heavy atom. The first-order chi connectivity index (χ1) is 8.58. The predicted molar refractivity (Wildman–Crippen MR) is 80.7 cm³/mol. The lowest BCUT2D eigenvalue weighted by Gasteiger charge is -2.17. The summed E-state index contributed by atoms with van der Waals surface area (Å²) in [5.41, 5.74) is 0.460. The number of nitrogens with one attached hydrogen (secondary N) is 1. The molecular weight excluding hydrogens is 385 g/mol. The van der Waals surface area contributed by atoms with E-state index in [4.69, 9.17) is 16.3 Å². The van der Waals surface area contributed by atoms with Crippen molar-refractivity contribution in [1.29, 1.82) is 0 Å². The molecule has 6 heteroatoms. The van der Waals surface area contributed by atoms with Crippen molar-refractivity contribution in [3.8, 4) is 0 Å². The third-order valence-electron chi connectivity index (χ3n) is 2.33. The van der Waals surface area contributed by atoms with Crippen LogP contribution in [0.5, 0.6) is 0 Å². The van der Waals surface area contributed by atoms with Gasteiger partial charge in [-0.3, -0.25) is 4.79 Å². The largest absolute Gasteiger partial charge is 0.383 e. The van der Waals surface area contributed by atoms with Crippen LogP contribution in [0.2, 0.25) is 5.02 Å². The number of amides is 1. The summed E-state index contributed by atoms with van der Waals surface area (Å²) in [6.45, 7) is 0.475. The maximum absolute atomic E-state index is 12.1. The highest BCUT2D eigenvalue weighted by atomic mass is 79.9. The van der Waals surface area contributed by atoms with Crippen molar-refractivity contribution < 1.29 is 9.53 Å². The second-order valence-electron chi connectivity index (χ2n) is 3.73. The van der Waals surface area contributed by atoms with Crippen molar-refractivity contribution in [1.82, 2.24) is 5.32 Å². The van der Waals surface area contributed by atoms with E-state index in [1.54, 1.807) is 25.3 Å². The number of benzene rings is 1. The molecule has 0 spiro atoms. The average molecular weight is 400 g/mol. The fourth-order valence-corrected chi connectivity index (χ4v) is 2.58. The second-order valence-corrected chi connectivity index (χ2v) is 5.84. The lowest BCUT2D eigenvalue weighted by molar-refractivity contribution is 0.0895. The van der Waals surface area contributed by atoms with Crippen LogP contribution < -0.4 is 5.32 Å². The van der Waals surface area contributed by atoms with Gasteiger partial charge in [-0.25, -0.2) is 0 Å². The van der Waals surface area contributed by atoms with Crippen LogP contribution in [-0.4, -0.2) is 31.0 Å². The van der Waals surface area contributed by atoms with E-state index in [1.807, 2.05) is 0 Å². The number of rotatable bonds is 6. The van der Waals surface area contributed by atoms with E-state index < -0.39 is 0 Å². The van der Waals surface area contributed by atoms with Crippen molar-refractivity contribution in [2.75, 3.05) is 19.0 Å². The van der Waals surface area contributed by atoms with Crippen LogP contribution in [0.25, 0.3) is 0 Å². The Hall–Kier alpha value is -0.100. The van der Waals surface area contributed by atoms with Crippen LogP contribution in [0.1, 0.15) is 16.8 Å². The van der Waals surface area contributed by atoms with E-state index in [2.05, 4.69) is 37.2 Å². The number of halogens is 3. The molecule has 1 N–H and O–H groups in total. The Morgan fingerprint density at radius 3 is 2.89 bits per heavy atom. The van der Waals surface area contributed by atoms with Crippen LogP contribution in [0, 0.1) is 0 Å². The summed E-state index contributed by atoms with van der Waals surface area (Å²) in [7, 11) is 1.61. The number of hydrogen-bond acceptors (Lipinski definition) is 2. The standard InChI is InChI=1S/C12H14Br2ClNO2/c1-18-7-9(4-5-13)16-12(17)10-6-8(14)2-3-11(10)15/h2-3,6,9H,4-5,7H2,1H3,(H,16,17). The molecule has 0 aliphatic heterocycles. The highest BCUT2D eigenvalue weighted by Crippen LogP contribution is 2.21. The van der Waals surface area contributed by atoms with Gasteiger partial charge >= 0.3 is 0 Å². The zero-order valence-electron chi connectivity index (χ0n) is 9.88. The van der Waals surface area contributed by atoms with Crippen molar-refractivity contribution >= 4 is 49.4 Å². The first-order valence-electron chi connectivity index (χ1n) is 5.39. The SMILES string of the molecule is COCC(CCBr)NC(=O)c1cc(Br)ccc1Cl. The van der Waals surface area contributed by atoms with Crippen molar-refractivity contribution in [2.45, 2.75) is 12.5 Å². The minimum atomic E-state index is -0.190. The monoisotopic (exact) mass is 397 g/mol. The van der Waals surface area contributed by atoms with Gasteiger partial charge < -0.3 is 10.1 Å². The molecule has 3 nitrogen and oxygen atoms in total. The molecular formula is C12H14Br2ClNO2. The van der Waals surface area contributed by atoms with Crippen LogP contribution in [0.3, 0.4) is 0 Å². The third kappa shape index (κ3) is 4.88. The fraction of sp³-hybridized carbons (Fsp3) is 0.417. The van der Waals surface area contributed by atoms with E-state index in [9.17, 15) is 4.79 Å². The summed E-state index contributed by atoms with van der Waals surface area (Å²) < 4.78 is 5.89. The van der Waals surface area contributed by atoms with Gasteiger partial charge in [0.25, 0.3) is 5.91 Å². The predicted octanol–water partition coefficient (Wildman–Crippen LogP) is 3.63. The third-order valence-corrected chi connectivity index (χ3v) is 3.61. The molecule has 1 amide bonds. The number of carbonyl (C=O) groups excluding carboxylic acids is 1.